The molecule has 0 saturated carbocycles. The Labute approximate surface area is 96.1 Å². The van der Waals surface area contributed by atoms with Gasteiger partial charge in [-0.15, -0.1) is 0 Å². The first-order valence-corrected chi connectivity index (χ1v) is 5.56. The molecular formula is C13H17FN2. The fourth-order valence-electron chi connectivity index (χ4n) is 1.36. The van der Waals surface area contributed by atoms with Crippen LogP contribution in [0, 0.1) is 23.1 Å². The van der Waals surface area contributed by atoms with Gasteiger partial charge in [-0.1, -0.05) is 26.3 Å². The Bertz CT molecular complexity index is 382. The monoisotopic (exact) mass is 220 g/mol. The lowest BCUT2D eigenvalue weighted by molar-refractivity contribution is 0.492. The first-order valence-electron chi connectivity index (χ1n) is 5.56. The molecular weight excluding hydrogens is 203 g/mol. The smallest absolute Gasteiger partial charge is 0.129 e. The molecule has 86 valence electrons. The largest absolute Gasteiger partial charge is 0.312 e. The third-order valence-electron chi connectivity index (χ3n) is 2.69. The molecule has 0 fully saturated rings. The lowest BCUT2D eigenvalue weighted by Gasteiger charge is -2.10. The quantitative estimate of drug-likeness (QED) is 0.828. The van der Waals surface area contributed by atoms with Crippen LogP contribution in [0.4, 0.5) is 4.39 Å². The highest BCUT2D eigenvalue weighted by molar-refractivity contribution is 5.32. The van der Waals surface area contributed by atoms with Gasteiger partial charge in [0.15, 0.2) is 0 Å². The standard InChI is InChI=1S/C13H17FN2/c1-3-10(2)8-16-9-12-5-4-11(7-15)6-13(12)14/h4-6,10,16H,3,8-9H2,1-2H3. The van der Waals surface area contributed by atoms with Gasteiger partial charge in [0.25, 0.3) is 0 Å². The zero-order valence-corrected chi connectivity index (χ0v) is 9.76. The lowest BCUT2D eigenvalue weighted by atomic mass is 10.1. The molecule has 1 unspecified atom stereocenters. The minimum atomic E-state index is -0.310. The minimum absolute atomic E-state index is 0.310. The third-order valence-corrected chi connectivity index (χ3v) is 2.69. The van der Waals surface area contributed by atoms with Gasteiger partial charge in [0, 0.05) is 12.1 Å². The minimum Gasteiger partial charge on any atom is -0.312 e. The third kappa shape index (κ3) is 3.63. The van der Waals surface area contributed by atoms with Gasteiger partial charge in [0.1, 0.15) is 5.82 Å². The highest BCUT2D eigenvalue weighted by Crippen LogP contribution is 2.10. The molecule has 1 atom stereocenters. The van der Waals surface area contributed by atoms with E-state index in [1.807, 2.05) is 6.07 Å². The fourth-order valence-corrected chi connectivity index (χ4v) is 1.36. The van der Waals surface area contributed by atoms with Gasteiger partial charge in [-0.2, -0.15) is 5.26 Å². The number of hydrogen-bond acceptors (Lipinski definition) is 2. The number of nitrogens with zero attached hydrogens (tertiary/aromatic N) is 1. The second-order valence-corrected chi connectivity index (χ2v) is 4.06. The molecule has 1 aromatic rings. The topological polar surface area (TPSA) is 35.8 Å². The van der Waals surface area contributed by atoms with Crippen LogP contribution in [0.25, 0.3) is 0 Å². The molecule has 0 bridgehead atoms. The van der Waals surface area contributed by atoms with E-state index in [1.54, 1.807) is 12.1 Å². The van der Waals surface area contributed by atoms with Gasteiger partial charge < -0.3 is 5.32 Å². The Hall–Kier alpha value is -1.40. The molecule has 0 aliphatic rings. The van der Waals surface area contributed by atoms with Crippen molar-refractivity contribution in [2.24, 2.45) is 5.92 Å². The van der Waals surface area contributed by atoms with Crippen molar-refractivity contribution < 1.29 is 4.39 Å². The summed E-state index contributed by atoms with van der Waals surface area (Å²) < 4.78 is 13.5. The van der Waals surface area contributed by atoms with Crippen LogP contribution < -0.4 is 5.32 Å². The van der Waals surface area contributed by atoms with Crippen LogP contribution in [0.5, 0.6) is 0 Å². The molecule has 0 aliphatic heterocycles. The van der Waals surface area contributed by atoms with Crippen LogP contribution >= 0.6 is 0 Å². The van der Waals surface area contributed by atoms with Gasteiger partial charge in [0.05, 0.1) is 11.6 Å². The molecule has 0 aromatic heterocycles. The van der Waals surface area contributed by atoms with E-state index in [-0.39, 0.29) is 5.82 Å². The molecule has 1 rings (SSSR count). The molecule has 16 heavy (non-hydrogen) atoms. The van der Waals surface area contributed by atoms with E-state index >= 15 is 0 Å². The van der Waals surface area contributed by atoms with E-state index in [1.165, 1.54) is 6.07 Å². The Morgan fingerprint density at radius 1 is 1.50 bits per heavy atom. The Kier molecular flexibility index (Phi) is 4.94. The molecule has 3 heteroatoms. The maximum absolute atomic E-state index is 13.5. The maximum Gasteiger partial charge on any atom is 0.129 e. The molecule has 1 N–H and O–H groups in total. The summed E-state index contributed by atoms with van der Waals surface area (Å²) in [5.74, 6) is 0.289. The molecule has 0 spiro atoms. The van der Waals surface area contributed by atoms with E-state index in [2.05, 4.69) is 19.2 Å². The summed E-state index contributed by atoms with van der Waals surface area (Å²) in [4.78, 5) is 0. The number of nitriles is 1. The average Bonchev–Trinajstić information content (AvgIpc) is 2.30. The van der Waals surface area contributed by atoms with Crippen molar-refractivity contribution >= 4 is 0 Å². The number of benzene rings is 1. The van der Waals surface area contributed by atoms with Crippen molar-refractivity contribution in [1.29, 1.82) is 5.26 Å². The van der Waals surface area contributed by atoms with Gasteiger partial charge in [-0.3, -0.25) is 0 Å². The van der Waals surface area contributed by atoms with Crippen LogP contribution in [0.2, 0.25) is 0 Å². The van der Waals surface area contributed by atoms with E-state index in [0.717, 1.165) is 13.0 Å². The van der Waals surface area contributed by atoms with Crippen LogP contribution in [0.3, 0.4) is 0 Å². The summed E-state index contributed by atoms with van der Waals surface area (Å²) in [7, 11) is 0. The zero-order chi connectivity index (χ0) is 12.0. The molecule has 2 nitrogen and oxygen atoms in total. The highest BCUT2D eigenvalue weighted by atomic mass is 19.1. The van der Waals surface area contributed by atoms with E-state index in [4.69, 9.17) is 5.26 Å². The molecule has 0 aliphatic carbocycles. The summed E-state index contributed by atoms with van der Waals surface area (Å²) in [6.07, 6.45) is 1.11. The highest BCUT2D eigenvalue weighted by Gasteiger charge is 2.04. The second-order valence-electron chi connectivity index (χ2n) is 4.06. The van der Waals surface area contributed by atoms with Crippen LogP contribution in [0.1, 0.15) is 31.4 Å². The number of hydrogen-bond donors (Lipinski definition) is 1. The van der Waals surface area contributed by atoms with E-state index in [9.17, 15) is 4.39 Å². The van der Waals surface area contributed by atoms with Crippen LogP contribution in [0.15, 0.2) is 18.2 Å². The van der Waals surface area contributed by atoms with Gasteiger partial charge in [0.2, 0.25) is 0 Å². The van der Waals surface area contributed by atoms with Crippen molar-refractivity contribution in [1.82, 2.24) is 5.32 Å². The van der Waals surface area contributed by atoms with Crippen molar-refractivity contribution in [2.45, 2.75) is 26.8 Å². The van der Waals surface area contributed by atoms with Crippen LogP contribution in [-0.2, 0) is 6.54 Å². The summed E-state index contributed by atoms with van der Waals surface area (Å²) in [6.45, 7) is 5.69. The molecule has 0 amide bonds. The van der Waals surface area contributed by atoms with E-state index < -0.39 is 0 Å². The second kappa shape index (κ2) is 6.24. The summed E-state index contributed by atoms with van der Waals surface area (Å²) in [5.41, 5.74) is 0.977. The first kappa shape index (κ1) is 12.7. The van der Waals surface area contributed by atoms with Gasteiger partial charge in [-0.25, -0.2) is 4.39 Å². The predicted octanol–water partition coefficient (Wildman–Crippen LogP) is 2.83. The Morgan fingerprint density at radius 3 is 2.81 bits per heavy atom. The first-order chi connectivity index (χ1) is 7.67. The maximum atomic E-state index is 13.5. The summed E-state index contributed by atoms with van der Waals surface area (Å²) >= 11 is 0. The van der Waals surface area contributed by atoms with Crippen LogP contribution in [-0.4, -0.2) is 6.54 Å². The van der Waals surface area contributed by atoms with Crippen molar-refractivity contribution in [3.05, 3.63) is 35.1 Å². The predicted molar refractivity (Wildman–Crippen MR) is 62.3 cm³/mol. The Balaban J connectivity index is 2.52. The number of rotatable bonds is 5. The molecule has 0 radical (unpaired) electrons. The fraction of sp³-hybridized carbons (Fsp3) is 0.462. The van der Waals surface area contributed by atoms with Crippen molar-refractivity contribution in [2.75, 3.05) is 6.54 Å². The molecule has 1 aromatic carbocycles. The number of nitrogens with one attached hydrogen (secondary N) is 1. The molecule has 0 heterocycles. The summed E-state index contributed by atoms with van der Waals surface area (Å²) in [6, 6.07) is 6.50. The Morgan fingerprint density at radius 2 is 2.25 bits per heavy atom. The van der Waals surface area contributed by atoms with Crippen molar-refractivity contribution in [3.8, 4) is 6.07 Å². The van der Waals surface area contributed by atoms with Gasteiger partial charge in [-0.05, 0) is 24.6 Å². The SMILES string of the molecule is CCC(C)CNCc1ccc(C#N)cc1F. The average molecular weight is 220 g/mol. The van der Waals surface area contributed by atoms with Gasteiger partial charge >= 0.3 is 0 Å². The lowest BCUT2D eigenvalue weighted by Crippen LogP contribution is -2.20. The van der Waals surface area contributed by atoms with E-state index in [0.29, 0.717) is 23.6 Å². The molecule has 0 saturated heterocycles. The van der Waals surface area contributed by atoms with Crippen molar-refractivity contribution in [3.63, 3.8) is 0 Å². The normalized spacial score (nSPS) is 12.1. The zero-order valence-electron chi connectivity index (χ0n) is 9.76. The number of halogens is 1. The summed E-state index contributed by atoms with van der Waals surface area (Å²) in [5, 5.41) is 11.8.